The number of amides is 1. The molecule has 0 fully saturated rings. The van der Waals surface area contributed by atoms with Crippen molar-refractivity contribution in [2.75, 3.05) is 12.4 Å². The van der Waals surface area contributed by atoms with Crippen molar-refractivity contribution in [3.05, 3.63) is 35.9 Å². The third-order valence-electron chi connectivity index (χ3n) is 3.23. The Balaban J connectivity index is 2.31. The highest BCUT2D eigenvalue weighted by atomic mass is 32.2. The zero-order valence-corrected chi connectivity index (χ0v) is 12.5. The molecule has 0 aliphatic carbocycles. The number of benzene rings is 1. The van der Waals surface area contributed by atoms with Crippen molar-refractivity contribution in [2.24, 2.45) is 0 Å². The normalized spacial score (nSPS) is 13.8. The maximum Gasteiger partial charge on any atom is 0.230 e. The minimum Gasteiger partial charge on any atom is -0.396 e. The number of thioether (sulfide) groups is 1. The van der Waals surface area contributed by atoms with Gasteiger partial charge in [0, 0.05) is 17.9 Å². The summed E-state index contributed by atoms with van der Waals surface area (Å²) in [6.45, 7) is 4.10. The molecule has 19 heavy (non-hydrogen) atoms. The fraction of sp³-hybridized carbons (Fsp3) is 0.533. The lowest BCUT2D eigenvalue weighted by atomic mass is 9.95. The molecule has 106 valence electrons. The Labute approximate surface area is 119 Å². The van der Waals surface area contributed by atoms with Gasteiger partial charge in [0.25, 0.3) is 0 Å². The van der Waals surface area contributed by atoms with E-state index in [4.69, 9.17) is 5.11 Å². The maximum atomic E-state index is 11.9. The molecule has 0 heterocycles. The van der Waals surface area contributed by atoms with Gasteiger partial charge in [-0.1, -0.05) is 37.3 Å². The molecule has 0 saturated heterocycles. The van der Waals surface area contributed by atoms with Crippen LogP contribution in [-0.2, 0) is 10.5 Å². The topological polar surface area (TPSA) is 49.3 Å². The Morgan fingerprint density at radius 1 is 1.37 bits per heavy atom. The average molecular weight is 281 g/mol. The number of hydrogen-bond acceptors (Lipinski definition) is 3. The van der Waals surface area contributed by atoms with E-state index < -0.39 is 0 Å². The van der Waals surface area contributed by atoms with Crippen LogP contribution in [-0.4, -0.2) is 28.9 Å². The standard InChI is InChI=1S/C15H23NO2S/c1-3-15(2,9-10-17)16-14(18)12-19-11-13-7-5-4-6-8-13/h4-8,17H,3,9-12H2,1-2H3,(H,16,18). The van der Waals surface area contributed by atoms with Crippen LogP contribution in [0.15, 0.2) is 30.3 Å². The van der Waals surface area contributed by atoms with Crippen molar-refractivity contribution in [1.29, 1.82) is 0 Å². The van der Waals surface area contributed by atoms with Gasteiger partial charge in [0.05, 0.1) is 5.75 Å². The van der Waals surface area contributed by atoms with Crippen molar-refractivity contribution < 1.29 is 9.90 Å². The molecule has 3 nitrogen and oxygen atoms in total. The quantitative estimate of drug-likeness (QED) is 0.770. The van der Waals surface area contributed by atoms with Gasteiger partial charge in [-0.15, -0.1) is 11.8 Å². The molecule has 0 aliphatic heterocycles. The summed E-state index contributed by atoms with van der Waals surface area (Å²) in [4.78, 5) is 11.9. The fourth-order valence-corrected chi connectivity index (χ4v) is 2.57. The van der Waals surface area contributed by atoms with E-state index in [2.05, 4.69) is 17.4 Å². The Morgan fingerprint density at radius 2 is 2.05 bits per heavy atom. The van der Waals surface area contributed by atoms with Crippen LogP contribution in [0.2, 0.25) is 0 Å². The Kier molecular flexibility index (Phi) is 6.95. The van der Waals surface area contributed by atoms with Gasteiger partial charge in [0.15, 0.2) is 0 Å². The van der Waals surface area contributed by atoms with Crippen LogP contribution in [0.5, 0.6) is 0 Å². The van der Waals surface area contributed by atoms with Gasteiger partial charge < -0.3 is 10.4 Å². The number of aliphatic hydroxyl groups excluding tert-OH is 1. The van der Waals surface area contributed by atoms with Crippen molar-refractivity contribution in [2.45, 2.75) is 38.0 Å². The molecule has 1 atom stereocenters. The van der Waals surface area contributed by atoms with E-state index in [9.17, 15) is 4.79 Å². The molecule has 0 spiro atoms. The highest BCUT2D eigenvalue weighted by molar-refractivity contribution is 7.99. The SMILES string of the molecule is CCC(C)(CCO)NC(=O)CSCc1ccccc1. The van der Waals surface area contributed by atoms with E-state index in [1.165, 1.54) is 5.56 Å². The van der Waals surface area contributed by atoms with Crippen LogP contribution < -0.4 is 5.32 Å². The molecule has 1 aromatic carbocycles. The van der Waals surface area contributed by atoms with E-state index in [-0.39, 0.29) is 18.1 Å². The molecule has 2 N–H and O–H groups in total. The molecule has 0 aromatic heterocycles. The van der Waals surface area contributed by atoms with Gasteiger partial charge in [-0.3, -0.25) is 4.79 Å². The highest BCUT2D eigenvalue weighted by Gasteiger charge is 2.23. The number of hydrogen-bond donors (Lipinski definition) is 2. The molecule has 1 unspecified atom stereocenters. The summed E-state index contributed by atoms with van der Waals surface area (Å²) < 4.78 is 0. The second kappa shape index (κ2) is 8.23. The first-order chi connectivity index (χ1) is 9.09. The third-order valence-corrected chi connectivity index (χ3v) is 4.23. The number of aliphatic hydroxyl groups is 1. The summed E-state index contributed by atoms with van der Waals surface area (Å²) in [5.41, 5.74) is 0.938. The van der Waals surface area contributed by atoms with Crippen LogP contribution in [0, 0.1) is 0 Å². The molecule has 0 aliphatic rings. The van der Waals surface area contributed by atoms with E-state index in [1.807, 2.05) is 32.0 Å². The fourth-order valence-electron chi connectivity index (χ4n) is 1.78. The summed E-state index contributed by atoms with van der Waals surface area (Å²) in [5.74, 6) is 1.34. The van der Waals surface area contributed by atoms with E-state index >= 15 is 0 Å². The van der Waals surface area contributed by atoms with Crippen molar-refractivity contribution >= 4 is 17.7 Å². The van der Waals surface area contributed by atoms with Gasteiger partial charge >= 0.3 is 0 Å². The first-order valence-electron chi connectivity index (χ1n) is 6.63. The zero-order valence-electron chi connectivity index (χ0n) is 11.7. The monoisotopic (exact) mass is 281 g/mol. The van der Waals surface area contributed by atoms with Crippen LogP contribution in [0.3, 0.4) is 0 Å². The lowest BCUT2D eigenvalue weighted by Gasteiger charge is -2.28. The highest BCUT2D eigenvalue weighted by Crippen LogP contribution is 2.15. The van der Waals surface area contributed by atoms with Crippen molar-refractivity contribution in [1.82, 2.24) is 5.32 Å². The average Bonchev–Trinajstić information content (AvgIpc) is 2.40. The Bertz CT molecular complexity index is 383. The number of rotatable bonds is 8. The summed E-state index contributed by atoms with van der Waals surface area (Å²) >= 11 is 1.61. The molecule has 0 radical (unpaired) electrons. The minimum atomic E-state index is -0.293. The second-order valence-corrected chi connectivity index (χ2v) is 5.90. The number of carbonyl (C=O) groups excluding carboxylic acids is 1. The first-order valence-corrected chi connectivity index (χ1v) is 7.78. The molecule has 0 bridgehead atoms. The van der Waals surface area contributed by atoms with Crippen LogP contribution in [0.25, 0.3) is 0 Å². The lowest BCUT2D eigenvalue weighted by Crippen LogP contribution is -2.46. The summed E-state index contributed by atoms with van der Waals surface area (Å²) in [5, 5.41) is 12.0. The molecule has 1 rings (SSSR count). The molecular weight excluding hydrogens is 258 g/mol. The third kappa shape index (κ3) is 6.12. The first kappa shape index (κ1) is 16.1. The van der Waals surface area contributed by atoms with Gasteiger partial charge in [-0.2, -0.15) is 0 Å². The Morgan fingerprint density at radius 3 is 2.63 bits per heavy atom. The van der Waals surface area contributed by atoms with Gasteiger partial charge in [-0.25, -0.2) is 0 Å². The number of nitrogens with one attached hydrogen (secondary N) is 1. The zero-order chi connectivity index (χ0) is 14.1. The summed E-state index contributed by atoms with van der Waals surface area (Å²) in [7, 11) is 0. The van der Waals surface area contributed by atoms with E-state index in [0.717, 1.165) is 12.2 Å². The lowest BCUT2D eigenvalue weighted by molar-refractivity contribution is -0.120. The molecular formula is C15H23NO2S. The Hall–Kier alpha value is -1.00. The van der Waals surface area contributed by atoms with Crippen LogP contribution in [0.1, 0.15) is 32.3 Å². The predicted molar refractivity (Wildman–Crippen MR) is 81.1 cm³/mol. The number of carbonyl (C=O) groups is 1. The second-order valence-electron chi connectivity index (χ2n) is 4.91. The molecule has 1 aromatic rings. The van der Waals surface area contributed by atoms with Gasteiger partial charge in [0.1, 0.15) is 0 Å². The smallest absolute Gasteiger partial charge is 0.230 e. The van der Waals surface area contributed by atoms with Crippen molar-refractivity contribution in [3.63, 3.8) is 0 Å². The van der Waals surface area contributed by atoms with E-state index in [1.54, 1.807) is 11.8 Å². The van der Waals surface area contributed by atoms with Crippen LogP contribution in [0.4, 0.5) is 0 Å². The summed E-state index contributed by atoms with van der Waals surface area (Å²) in [6, 6.07) is 10.1. The van der Waals surface area contributed by atoms with Gasteiger partial charge in [-0.05, 0) is 25.3 Å². The predicted octanol–water partition coefficient (Wildman–Crippen LogP) is 2.59. The maximum absolute atomic E-state index is 11.9. The van der Waals surface area contributed by atoms with E-state index in [0.29, 0.717) is 12.2 Å². The summed E-state index contributed by atoms with van der Waals surface area (Å²) in [6.07, 6.45) is 1.42. The molecule has 1 amide bonds. The molecule has 4 heteroatoms. The van der Waals surface area contributed by atoms with Gasteiger partial charge in [0.2, 0.25) is 5.91 Å². The van der Waals surface area contributed by atoms with Crippen LogP contribution >= 0.6 is 11.8 Å². The molecule has 0 saturated carbocycles. The van der Waals surface area contributed by atoms with Crippen molar-refractivity contribution in [3.8, 4) is 0 Å². The minimum absolute atomic E-state index is 0.0405. The largest absolute Gasteiger partial charge is 0.396 e.